The monoisotopic (exact) mass is 484 g/mol. The highest BCUT2D eigenvalue weighted by molar-refractivity contribution is 5.96. The summed E-state index contributed by atoms with van der Waals surface area (Å²) in [6.07, 6.45) is 6.14. The van der Waals surface area contributed by atoms with Crippen molar-refractivity contribution in [1.82, 2.24) is 49.9 Å². The summed E-state index contributed by atoms with van der Waals surface area (Å²) in [4.78, 5) is 5.35. The lowest BCUT2D eigenvalue weighted by molar-refractivity contribution is 0.303. The number of benzene rings is 2. The van der Waals surface area contributed by atoms with E-state index < -0.39 is 0 Å². The number of halogens is 1. The molecule has 2 aromatic carbocycles. The van der Waals surface area contributed by atoms with Gasteiger partial charge in [0.05, 0.1) is 19.6 Å². The highest BCUT2D eigenvalue weighted by atomic mass is 19.1. The van der Waals surface area contributed by atoms with Crippen LogP contribution in [0, 0.1) is 5.82 Å². The SMILES string of the molecule is Cn1nnc(CCN2CC=C(c3cn(-c4ccc(F)cc4)c4ccc(-c5nnn(C)n5)cc34)CC2)n1. The molecule has 182 valence electrons. The molecule has 1 aliphatic rings. The van der Waals surface area contributed by atoms with E-state index in [0.717, 1.165) is 66.0 Å². The fraction of sp³-hybridized carbons (Fsp3) is 0.280. The van der Waals surface area contributed by atoms with Crippen LogP contribution in [-0.2, 0) is 20.5 Å². The third kappa shape index (κ3) is 4.29. The van der Waals surface area contributed by atoms with Gasteiger partial charge in [-0.15, -0.1) is 20.4 Å². The van der Waals surface area contributed by atoms with Gasteiger partial charge in [-0.25, -0.2) is 4.39 Å². The minimum Gasteiger partial charge on any atom is -0.316 e. The van der Waals surface area contributed by atoms with E-state index in [1.165, 1.54) is 27.3 Å². The molecule has 11 heteroatoms. The first-order valence-electron chi connectivity index (χ1n) is 11.8. The van der Waals surface area contributed by atoms with E-state index in [2.05, 4.69) is 64.7 Å². The van der Waals surface area contributed by atoms with E-state index in [4.69, 9.17) is 0 Å². The van der Waals surface area contributed by atoms with Crippen LogP contribution in [0.5, 0.6) is 0 Å². The summed E-state index contributed by atoms with van der Waals surface area (Å²) in [5.74, 6) is 1.10. The lowest BCUT2D eigenvalue weighted by Gasteiger charge is -2.25. The molecule has 0 amide bonds. The Labute approximate surface area is 206 Å². The van der Waals surface area contributed by atoms with Gasteiger partial charge in [-0.2, -0.15) is 9.59 Å². The summed E-state index contributed by atoms with van der Waals surface area (Å²) >= 11 is 0. The van der Waals surface area contributed by atoms with Gasteiger partial charge in [-0.05, 0) is 64.9 Å². The van der Waals surface area contributed by atoms with Crippen LogP contribution < -0.4 is 0 Å². The molecule has 4 heterocycles. The van der Waals surface area contributed by atoms with Crippen LogP contribution in [0.25, 0.3) is 33.6 Å². The summed E-state index contributed by atoms with van der Waals surface area (Å²) in [7, 11) is 3.53. The predicted molar refractivity (Wildman–Crippen MR) is 133 cm³/mol. The topological polar surface area (TPSA) is 95.4 Å². The van der Waals surface area contributed by atoms with Crippen LogP contribution in [0.2, 0.25) is 0 Å². The fourth-order valence-corrected chi connectivity index (χ4v) is 4.68. The van der Waals surface area contributed by atoms with Crippen LogP contribution in [-0.4, -0.2) is 69.5 Å². The van der Waals surface area contributed by atoms with Gasteiger partial charge >= 0.3 is 0 Å². The van der Waals surface area contributed by atoms with Crippen LogP contribution >= 0.6 is 0 Å². The molecule has 36 heavy (non-hydrogen) atoms. The second-order valence-corrected chi connectivity index (χ2v) is 8.95. The smallest absolute Gasteiger partial charge is 0.204 e. The molecule has 5 aromatic rings. The average molecular weight is 485 g/mol. The third-order valence-corrected chi connectivity index (χ3v) is 6.52. The van der Waals surface area contributed by atoms with Gasteiger partial charge in [0, 0.05) is 54.5 Å². The number of hydrogen-bond donors (Lipinski definition) is 0. The quantitative estimate of drug-likeness (QED) is 0.366. The minimum absolute atomic E-state index is 0.252. The van der Waals surface area contributed by atoms with Crippen molar-refractivity contribution < 1.29 is 4.39 Å². The molecule has 0 atom stereocenters. The van der Waals surface area contributed by atoms with Crippen molar-refractivity contribution in [3.05, 3.63) is 71.9 Å². The van der Waals surface area contributed by atoms with E-state index in [-0.39, 0.29) is 5.82 Å². The molecular formula is C25H25FN10. The van der Waals surface area contributed by atoms with Crippen molar-refractivity contribution in [2.45, 2.75) is 12.8 Å². The highest BCUT2D eigenvalue weighted by Gasteiger charge is 2.19. The average Bonchev–Trinajstić information content (AvgIpc) is 3.62. The molecule has 0 aliphatic carbocycles. The van der Waals surface area contributed by atoms with Gasteiger partial charge in [0.15, 0.2) is 5.82 Å². The molecule has 10 nitrogen and oxygen atoms in total. The van der Waals surface area contributed by atoms with Gasteiger partial charge < -0.3 is 4.57 Å². The third-order valence-electron chi connectivity index (χ3n) is 6.52. The first kappa shape index (κ1) is 22.2. The number of nitrogens with zero attached hydrogens (tertiary/aromatic N) is 10. The standard InChI is InChI=1S/C25H25FN10/c1-33-29-24(27-31-33)11-14-35-12-9-17(10-13-35)22-16-36(20-6-4-19(26)5-7-20)23-8-3-18(15-21(22)23)25-28-32-34(2)30-25/h3-9,15-16H,10-14H2,1-2H3. The molecule has 0 fully saturated rings. The van der Waals surface area contributed by atoms with Crippen molar-refractivity contribution in [1.29, 1.82) is 0 Å². The van der Waals surface area contributed by atoms with Crippen LogP contribution in [0.1, 0.15) is 17.8 Å². The Kier molecular flexibility index (Phi) is 5.61. The zero-order valence-corrected chi connectivity index (χ0v) is 20.1. The van der Waals surface area contributed by atoms with E-state index in [9.17, 15) is 4.39 Å². The normalized spacial score (nSPS) is 14.5. The molecule has 0 saturated heterocycles. The number of hydrogen-bond acceptors (Lipinski definition) is 7. The predicted octanol–water partition coefficient (Wildman–Crippen LogP) is 2.82. The number of aryl methyl sites for hydroxylation is 2. The van der Waals surface area contributed by atoms with E-state index in [1.807, 2.05) is 6.07 Å². The highest BCUT2D eigenvalue weighted by Crippen LogP contribution is 2.35. The number of rotatable bonds is 6. The molecule has 0 saturated carbocycles. The van der Waals surface area contributed by atoms with Crippen molar-refractivity contribution in [3.63, 3.8) is 0 Å². The Balaban J connectivity index is 1.34. The van der Waals surface area contributed by atoms with Crippen molar-refractivity contribution in [2.75, 3.05) is 19.6 Å². The molecule has 3 aromatic heterocycles. The summed E-state index contributed by atoms with van der Waals surface area (Å²) in [6.45, 7) is 2.68. The molecule has 1 aliphatic heterocycles. The molecule has 0 N–H and O–H groups in total. The van der Waals surface area contributed by atoms with Gasteiger partial charge in [0.2, 0.25) is 5.82 Å². The molecule has 0 radical (unpaired) electrons. The number of tetrazole rings is 2. The lowest BCUT2D eigenvalue weighted by atomic mass is 9.98. The van der Waals surface area contributed by atoms with Crippen molar-refractivity contribution in [2.24, 2.45) is 14.1 Å². The van der Waals surface area contributed by atoms with E-state index >= 15 is 0 Å². The van der Waals surface area contributed by atoms with E-state index in [0.29, 0.717) is 5.82 Å². The first-order chi connectivity index (χ1) is 17.5. The van der Waals surface area contributed by atoms with Gasteiger partial charge in [-0.3, -0.25) is 4.90 Å². The Morgan fingerprint density at radius 3 is 2.44 bits per heavy atom. The Morgan fingerprint density at radius 2 is 1.75 bits per heavy atom. The maximum absolute atomic E-state index is 13.6. The zero-order valence-electron chi connectivity index (χ0n) is 20.1. The summed E-state index contributed by atoms with van der Waals surface area (Å²) in [5.41, 5.74) is 5.31. The lowest BCUT2D eigenvalue weighted by Crippen LogP contribution is -2.30. The molecule has 0 spiro atoms. The van der Waals surface area contributed by atoms with Gasteiger partial charge in [0.25, 0.3) is 0 Å². The zero-order chi connectivity index (χ0) is 24.6. The maximum Gasteiger partial charge on any atom is 0.204 e. The largest absolute Gasteiger partial charge is 0.316 e. The second-order valence-electron chi connectivity index (χ2n) is 8.95. The summed E-state index contributed by atoms with van der Waals surface area (Å²) in [5, 5.41) is 25.9. The summed E-state index contributed by atoms with van der Waals surface area (Å²) in [6, 6.07) is 12.8. The second kappa shape index (κ2) is 9.08. The Hall–Kier alpha value is -4.25. The number of aromatic nitrogens is 9. The van der Waals surface area contributed by atoms with Crippen molar-refractivity contribution in [3.8, 4) is 17.1 Å². The van der Waals surface area contributed by atoms with Crippen LogP contribution in [0.3, 0.4) is 0 Å². The first-order valence-corrected chi connectivity index (χ1v) is 11.8. The van der Waals surface area contributed by atoms with Crippen LogP contribution in [0.15, 0.2) is 54.7 Å². The molecule has 0 unspecified atom stereocenters. The molecule has 6 rings (SSSR count). The van der Waals surface area contributed by atoms with Gasteiger partial charge in [0.1, 0.15) is 5.82 Å². The number of fused-ring (bicyclic) bond motifs is 1. The maximum atomic E-state index is 13.6. The molecular weight excluding hydrogens is 459 g/mol. The Bertz CT molecular complexity index is 1560. The van der Waals surface area contributed by atoms with Crippen molar-refractivity contribution >= 4 is 16.5 Å². The molecule has 0 bridgehead atoms. The van der Waals surface area contributed by atoms with Gasteiger partial charge in [-0.1, -0.05) is 6.08 Å². The fourth-order valence-electron chi connectivity index (χ4n) is 4.68. The van der Waals surface area contributed by atoms with Crippen LogP contribution in [0.4, 0.5) is 4.39 Å². The summed E-state index contributed by atoms with van der Waals surface area (Å²) < 4.78 is 15.7. The van der Waals surface area contributed by atoms with E-state index in [1.54, 1.807) is 26.2 Å². The Morgan fingerprint density at radius 1 is 0.944 bits per heavy atom. The minimum atomic E-state index is -0.252.